The lowest BCUT2D eigenvalue weighted by Gasteiger charge is -2.21. The Balaban J connectivity index is 5.31. The van der Waals surface area contributed by atoms with Gasteiger partial charge < -0.3 is 33.8 Å². The molecular weight excluding hydrogens is 1260 g/mol. The Morgan fingerprint density at radius 3 is 0.896 bits per heavy atom. The quantitative estimate of drug-likeness (QED) is 0.0169. The van der Waals surface area contributed by atoms with E-state index in [4.69, 9.17) is 37.0 Å². The Morgan fingerprint density at radius 2 is 0.562 bits per heavy atom. The van der Waals surface area contributed by atoms with Crippen LogP contribution in [0.3, 0.4) is 0 Å². The zero-order chi connectivity index (χ0) is 70.4. The van der Waals surface area contributed by atoms with Crippen molar-refractivity contribution in [3.8, 4) is 0 Å². The molecule has 17 nitrogen and oxygen atoms in total. The molecule has 0 amide bonds. The van der Waals surface area contributed by atoms with Crippen LogP contribution in [0.1, 0.15) is 323 Å². The van der Waals surface area contributed by atoms with Crippen molar-refractivity contribution in [2.24, 2.45) is 0 Å². The van der Waals surface area contributed by atoms with Gasteiger partial charge in [-0.2, -0.15) is 0 Å². The molecule has 19 heteroatoms. The third-order valence-electron chi connectivity index (χ3n) is 15.8. The maximum Gasteiger partial charge on any atom is 0.472 e. The van der Waals surface area contributed by atoms with E-state index in [0.717, 1.165) is 180 Å². The van der Waals surface area contributed by atoms with Gasteiger partial charge in [-0.1, -0.05) is 267 Å². The Labute approximate surface area is 583 Å². The maximum absolute atomic E-state index is 13.1. The summed E-state index contributed by atoms with van der Waals surface area (Å²) in [6.07, 6.45) is 70.1. The van der Waals surface area contributed by atoms with Crippen LogP contribution in [-0.4, -0.2) is 96.7 Å². The summed E-state index contributed by atoms with van der Waals surface area (Å²) in [6.45, 7) is 4.66. The molecule has 0 rings (SSSR count). The molecule has 0 heterocycles. The van der Waals surface area contributed by atoms with Gasteiger partial charge in [0.15, 0.2) is 12.2 Å². The molecule has 96 heavy (non-hydrogen) atoms. The van der Waals surface area contributed by atoms with Crippen LogP contribution in [0.2, 0.25) is 0 Å². The van der Waals surface area contributed by atoms with Crippen molar-refractivity contribution in [2.75, 3.05) is 39.6 Å². The van der Waals surface area contributed by atoms with Gasteiger partial charge in [0.25, 0.3) is 0 Å². The molecule has 0 aromatic rings. The number of carbonyl (C=O) groups excluding carboxylic acids is 4. The fourth-order valence-corrected chi connectivity index (χ4v) is 11.6. The van der Waals surface area contributed by atoms with Crippen LogP contribution in [-0.2, 0) is 65.4 Å². The van der Waals surface area contributed by atoms with Crippen LogP contribution in [0.4, 0.5) is 0 Å². The van der Waals surface area contributed by atoms with Gasteiger partial charge in [-0.25, -0.2) is 9.13 Å². The van der Waals surface area contributed by atoms with Crippen molar-refractivity contribution in [3.05, 3.63) is 85.1 Å². The number of rotatable bonds is 71. The number of allylic oxidation sites excluding steroid dienone is 14. The van der Waals surface area contributed by atoms with Gasteiger partial charge in [-0.3, -0.25) is 37.3 Å². The predicted molar refractivity (Wildman–Crippen MR) is 390 cm³/mol. The zero-order valence-electron chi connectivity index (χ0n) is 60.5. The monoisotopic (exact) mass is 1390 g/mol. The van der Waals surface area contributed by atoms with Gasteiger partial charge in [0.05, 0.1) is 26.4 Å². The minimum Gasteiger partial charge on any atom is -0.462 e. The molecule has 0 bridgehead atoms. The van der Waals surface area contributed by atoms with E-state index in [1.165, 1.54) is 64.2 Å². The topological polar surface area (TPSA) is 237 Å². The van der Waals surface area contributed by atoms with Crippen LogP contribution in [0, 0.1) is 0 Å². The molecule has 0 spiro atoms. The summed E-state index contributed by atoms with van der Waals surface area (Å²) in [6, 6.07) is 0. The van der Waals surface area contributed by atoms with Crippen LogP contribution >= 0.6 is 15.6 Å². The first-order chi connectivity index (χ1) is 46.7. The SMILES string of the molecule is CC/C=C\C/C=C\C/C=C\C/C=C\CCCCCCCCC(=O)OCC(COP(=O)(O)OCC(O)COP(=O)(O)OCC(COC(=O)CCCCCCC/C=C\C/C=C\CCC)OC(=O)CCCCCCCCCCCCC)OC(=O)CCCCCCC/C=C\CCCCCC. The Bertz CT molecular complexity index is 2160. The summed E-state index contributed by atoms with van der Waals surface area (Å²) in [5, 5.41) is 10.6. The minimum atomic E-state index is -4.97. The summed E-state index contributed by atoms with van der Waals surface area (Å²) in [5.41, 5.74) is 0. The second-order valence-corrected chi connectivity index (χ2v) is 28.1. The second kappa shape index (κ2) is 69.7. The van der Waals surface area contributed by atoms with E-state index in [1.54, 1.807) is 0 Å². The van der Waals surface area contributed by atoms with Crippen molar-refractivity contribution < 1.29 is 80.2 Å². The molecule has 0 aliphatic carbocycles. The molecule has 0 saturated heterocycles. The van der Waals surface area contributed by atoms with E-state index in [2.05, 4.69) is 113 Å². The van der Waals surface area contributed by atoms with Crippen LogP contribution in [0.5, 0.6) is 0 Å². The first-order valence-electron chi connectivity index (χ1n) is 37.8. The van der Waals surface area contributed by atoms with Gasteiger partial charge in [0.2, 0.25) is 0 Å². The number of phosphoric acid groups is 2. The number of hydrogen-bond acceptors (Lipinski definition) is 15. The second-order valence-electron chi connectivity index (χ2n) is 25.2. The summed E-state index contributed by atoms with van der Waals surface area (Å²) in [7, 11) is -9.94. The molecule has 556 valence electrons. The van der Waals surface area contributed by atoms with Crippen LogP contribution in [0.25, 0.3) is 0 Å². The smallest absolute Gasteiger partial charge is 0.462 e. The van der Waals surface area contributed by atoms with E-state index in [1.807, 2.05) is 0 Å². The average molecular weight is 1400 g/mol. The third-order valence-corrected chi connectivity index (χ3v) is 17.7. The van der Waals surface area contributed by atoms with Crippen LogP contribution < -0.4 is 0 Å². The summed E-state index contributed by atoms with van der Waals surface area (Å²) < 4.78 is 68.4. The Hall–Kier alpha value is -3.76. The predicted octanol–water partition coefficient (Wildman–Crippen LogP) is 21.4. The van der Waals surface area contributed by atoms with E-state index in [-0.39, 0.29) is 25.7 Å². The number of unbranched alkanes of at least 4 members (excludes halogenated alkanes) is 31. The molecular formula is C77H136O17P2. The third kappa shape index (κ3) is 68.8. The Morgan fingerprint density at radius 1 is 0.302 bits per heavy atom. The summed E-state index contributed by atoms with van der Waals surface area (Å²) in [5.74, 6) is -2.20. The molecule has 0 fully saturated rings. The van der Waals surface area contributed by atoms with E-state index in [0.29, 0.717) is 25.7 Å². The van der Waals surface area contributed by atoms with Gasteiger partial charge in [-0.15, -0.1) is 0 Å². The van der Waals surface area contributed by atoms with E-state index in [9.17, 15) is 43.2 Å². The summed E-state index contributed by atoms with van der Waals surface area (Å²) >= 11 is 0. The lowest BCUT2D eigenvalue weighted by molar-refractivity contribution is -0.161. The number of aliphatic hydroxyl groups excluding tert-OH is 1. The highest BCUT2D eigenvalue weighted by Gasteiger charge is 2.30. The molecule has 5 atom stereocenters. The van der Waals surface area contributed by atoms with Gasteiger partial charge in [0, 0.05) is 25.7 Å². The fraction of sp³-hybridized carbons (Fsp3) is 0.766. The zero-order valence-corrected chi connectivity index (χ0v) is 62.3. The molecule has 0 saturated carbocycles. The average Bonchev–Trinajstić information content (AvgIpc) is 1.17. The largest absolute Gasteiger partial charge is 0.472 e. The first kappa shape index (κ1) is 92.2. The highest BCUT2D eigenvalue weighted by molar-refractivity contribution is 7.47. The van der Waals surface area contributed by atoms with Crippen molar-refractivity contribution in [1.82, 2.24) is 0 Å². The molecule has 0 aliphatic rings. The van der Waals surface area contributed by atoms with Gasteiger partial charge in [-0.05, 0) is 116 Å². The number of esters is 4. The van der Waals surface area contributed by atoms with Crippen molar-refractivity contribution >= 4 is 39.5 Å². The fourth-order valence-electron chi connectivity index (χ4n) is 10.1. The standard InChI is InChI=1S/C77H136O17P2/c1-5-9-13-17-21-25-29-32-33-34-35-36-37-40-43-46-50-54-58-62-75(80)88-68-73(94-77(82)64-60-56-52-48-44-39-31-27-23-19-15-11-7-3)70-92-96(85,86)90-66-71(78)65-89-95(83,84)91-69-72(93-76(81)63-59-55-51-47-41-28-24-20-16-12-8-4)67-87-74(79)61-57-53-49-45-42-38-30-26-22-18-14-10-6-2/h9,13-14,18,21,25-27,30-33,35-36,71-73,78H,5-8,10-12,15-17,19-20,22-24,28-29,34,37-70H2,1-4H3,(H,83,84)(H,85,86)/b13-9-,18-14-,25-21-,30-26-,31-27-,33-32-,36-35-. The number of ether oxygens (including phenoxy) is 4. The Kier molecular flexibility index (Phi) is 67.0. The molecule has 0 aliphatic heterocycles. The molecule has 5 unspecified atom stereocenters. The van der Waals surface area contributed by atoms with Crippen molar-refractivity contribution in [1.29, 1.82) is 0 Å². The van der Waals surface area contributed by atoms with E-state index < -0.39 is 97.5 Å². The lowest BCUT2D eigenvalue weighted by atomic mass is 10.1. The normalized spacial score (nSPS) is 14.4. The van der Waals surface area contributed by atoms with Crippen molar-refractivity contribution in [2.45, 2.75) is 341 Å². The minimum absolute atomic E-state index is 0.0827. The lowest BCUT2D eigenvalue weighted by Crippen LogP contribution is -2.30. The summed E-state index contributed by atoms with van der Waals surface area (Å²) in [4.78, 5) is 72.7. The molecule has 0 aromatic heterocycles. The highest BCUT2D eigenvalue weighted by atomic mass is 31.2. The van der Waals surface area contributed by atoms with Gasteiger partial charge >= 0.3 is 39.5 Å². The number of hydrogen-bond donors (Lipinski definition) is 3. The maximum atomic E-state index is 13.1. The first-order valence-corrected chi connectivity index (χ1v) is 40.8. The van der Waals surface area contributed by atoms with Gasteiger partial charge in [0.1, 0.15) is 19.3 Å². The van der Waals surface area contributed by atoms with Crippen LogP contribution in [0.15, 0.2) is 85.1 Å². The molecule has 0 radical (unpaired) electrons. The van der Waals surface area contributed by atoms with Crippen molar-refractivity contribution in [3.63, 3.8) is 0 Å². The number of phosphoric ester groups is 2. The van der Waals surface area contributed by atoms with E-state index >= 15 is 0 Å². The molecule has 0 aromatic carbocycles. The number of carbonyl (C=O) groups is 4. The highest BCUT2D eigenvalue weighted by Crippen LogP contribution is 2.45. The number of aliphatic hydroxyl groups is 1. The molecule has 3 N–H and O–H groups in total.